The molecule has 0 heterocycles. The minimum absolute atomic E-state index is 0.136. The lowest BCUT2D eigenvalue weighted by molar-refractivity contribution is -0.110. The Balaban J connectivity index is 1.66. The summed E-state index contributed by atoms with van der Waals surface area (Å²) in [6, 6.07) is 5.92. The van der Waals surface area contributed by atoms with E-state index in [0.717, 1.165) is 18.3 Å². The van der Waals surface area contributed by atoms with E-state index in [-0.39, 0.29) is 11.7 Å². The average Bonchev–Trinajstić information content (AvgIpc) is 2.53. The fourth-order valence-electron chi connectivity index (χ4n) is 2.06. The van der Waals surface area contributed by atoms with E-state index in [1.165, 1.54) is 12.1 Å². The Labute approximate surface area is 124 Å². The van der Waals surface area contributed by atoms with E-state index in [4.69, 9.17) is 4.74 Å². The Morgan fingerprint density at radius 3 is 2.81 bits per heavy atom. The molecular weight excluding hydrogens is 269 g/mol. The first kappa shape index (κ1) is 15.4. The van der Waals surface area contributed by atoms with Crippen molar-refractivity contribution in [3.63, 3.8) is 0 Å². The van der Waals surface area contributed by atoms with Crippen molar-refractivity contribution in [3.05, 3.63) is 60.3 Å². The summed E-state index contributed by atoms with van der Waals surface area (Å²) in [5.41, 5.74) is 1.03. The third kappa shape index (κ3) is 5.16. The number of aldehydes is 1. The molecule has 1 aromatic rings. The van der Waals surface area contributed by atoms with Crippen LogP contribution in [0.2, 0.25) is 0 Å². The molecule has 0 spiro atoms. The molecule has 21 heavy (non-hydrogen) atoms. The zero-order valence-corrected chi connectivity index (χ0v) is 11.8. The molecule has 0 amide bonds. The van der Waals surface area contributed by atoms with Gasteiger partial charge >= 0.3 is 0 Å². The van der Waals surface area contributed by atoms with E-state index >= 15 is 0 Å². The molecule has 3 nitrogen and oxygen atoms in total. The molecule has 1 atom stereocenters. The van der Waals surface area contributed by atoms with Crippen molar-refractivity contribution in [1.82, 2.24) is 5.32 Å². The van der Waals surface area contributed by atoms with Gasteiger partial charge < -0.3 is 14.8 Å². The molecule has 1 aliphatic rings. The molecule has 0 saturated heterocycles. The predicted molar refractivity (Wildman–Crippen MR) is 80.5 cm³/mol. The van der Waals surface area contributed by atoms with Crippen LogP contribution >= 0.6 is 0 Å². The second-order valence-electron chi connectivity index (χ2n) is 4.79. The molecular formula is C17H19FNO2. The Bertz CT molecular complexity index is 508. The highest BCUT2D eigenvalue weighted by molar-refractivity contribution is 5.61. The number of hydrogen-bond donors (Lipinski definition) is 1. The molecule has 1 aromatic carbocycles. The van der Waals surface area contributed by atoms with Crippen LogP contribution in [0.3, 0.4) is 0 Å². The van der Waals surface area contributed by atoms with Gasteiger partial charge in [-0.05, 0) is 42.7 Å². The molecule has 0 aliphatic heterocycles. The topological polar surface area (TPSA) is 38.3 Å². The molecule has 0 aromatic heterocycles. The third-order valence-corrected chi connectivity index (χ3v) is 3.21. The zero-order valence-electron chi connectivity index (χ0n) is 11.8. The Hall–Kier alpha value is -1.94. The largest absolute Gasteiger partial charge is 0.492 e. The monoisotopic (exact) mass is 288 g/mol. The van der Waals surface area contributed by atoms with Crippen LogP contribution in [0.4, 0.5) is 4.39 Å². The van der Waals surface area contributed by atoms with Gasteiger partial charge in [0.15, 0.2) is 0 Å². The van der Waals surface area contributed by atoms with Crippen molar-refractivity contribution in [1.29, 1.82) is 0 Å². The highest BCUT2D eigenvalue weighted by Crippen LogP contribution is 2.16. The van der Waals surface area contributed by atoms with Gasteiger partial charge in [0.1, 0.15) is 24.5 Å². The van der Waals surface area contributed by atoms with Crippen molar-refractivity contribution in [2.45, 2.75) is 6.42 Å². The molecule has 0 saturated carbocycles. The molecule has 1 radical (unpaired) electrons. The second kappa shape index (κ2) is 8.37. The lowest BCUT2D eigenvalue weighted by Gasteiger charge is -2.15. The van der Waals surface area contributed by atoms with E-state index < -0.39 is 0 Å². The lowest BCUT2D eigenvalue weighted by atomic mass is 9.95. The quantitative estimate of drug-likeness (QED) is 0.590. The first-order chi connectivity index (χ1) is 10.3. The highest BCUT2D eigenvalue weighted by Gasteiger charge is 2.11. The fraction of sp³-hybridized carbons (Fsp3) is 0.294. The number of ether oxygens (including phenoxy) is 1. The first-order valence-corrected chi connectivity index (χ1v) is 7.04. The minimum atomic E-state index is -0.278. The maximum absolute atomic E-state index is 12.7. The Morgan fingerprint density at radius 2 is 2.14 bits per heavy atom. The van der Waals surface area contributed by atoms with Crippen LogP contribution in [0.5, 0.6) is 5.75 Å². The van der Waals surface area contributed by atoms with Crippen LogP contribution in [0.25, 0.3) is 0 Å². The number of hydrogen-bond acceptors (Lipinski definition) is 3. The first-order valence-electron chi connectivity index (χ1n) is 7.04. The van der Waals surface area contributed by atoms with Crippen molar-refractivity contribution < 1.29 is 13.9 Å². The smallest absolute Gasteiger partial charge is 0.128 e. The number of carbonyl (C=O) groups excluding carboxylic acids is 1. The van der Waals surface area contributed by atoms with Crippen LogP contribution < -0.4 is 10.1 Å². The van der Waals surface area contributed by atoms with E-state index in [0.29, 0.717) is 25.4 Å². The van der Waals surface area contributed by atoms with Crippen LogP contribution in [-0.4, -0.2) is 26.0 Å². The van der Waals surface area contributed by atoms with Gasteiger partial charge in [-0.3, -0.25) is 0 Å². The summed E-state index contributed by atoms with van der Waals surface area (Å²) in [5, 5.41) is 3.20. The van der Waals surface area contributed by atoms with Gasteiger partial charge in [-0.25, -0.2) is 4.39 Å². The van der Waals surface area contributed by atoms with Crippen molar-refractivity contribution in [3.8, 4) is 5.75 Å². The van der Waals surface area contributed by atoms with E-state index in [1.54, 1.807) is 12.1 Å². The molecule has 1 unspecified atom stereocenters. The average molecular weight is 288 g/mol. The number of nitrogens with one attached hydrogen (secondary N) is 1. The standard InChI is InChI=1S/C17H19FNO2/c18-16-6-8-17(9-7-16)21-11-10-19-12-15(13-20)14-4-2-1-3-5-14/h2-9,13,15,19H,1,10-12H2. The van der Waals surface area contributed by atoms with Crippen LogP contribution in [0.1, 0.15) is 6.42 Å². The second-order valence-corrected chi connectivity index (χ2v) is 4.79. The number of rotatable bonds is 8. The molecule has 0 fully saturated rings. The van der Waals surface area contributed by atoms with Crippen molar-refractivity contribution in [2.24, 2.45) is 5.92 Å². The summed E-state index contributed by atoms with van der Waals surface area (Å²) in [4.78, 5) is 11.1. The van der Waals surface area contributed by atoms with Crippen LogP contribution in [0, 0.1) is 18.2 Å². The Kier molecular flexibility index (Phi) is 6.16. The van der Waals surface area contributed by atoms with Crippen LogP contribution in [0.15, 0.2) is 48.1 Å². The summed E-state index contributed by atoms with van der Waals surface area (Å²) in [6.07, 6.45) is 9.97. The van der Waals surface area contributed by atoms with Gasteiger partial charge in [0.2, 0.25) is 0 Å². The number of halogens is 1. The van der Waals surface area contributed by atoms with Gasteiger partial charge in [-0.15, -0.1) is 0 Å². The fourth-order valence-corrected chi connectivity index (χ4v) is 2.06. The predicted octanol–water partition coefficient (Wildman–Crippen LogP) is 2.70. The summed E-state index contributed by atoms with van der Waals surface area (Å²) >= 11 is 0. The molecule has 4 heteroatoms. The maximum Gasteiger partial charge on any atom is 0.128 e. The molecule has 0 bridgehead atoms. The summed E-state index contributed by atoms with van der Waals surface area (Å²) in [5.74, 6) is 0.223. The van der Waals surface area contributed by atoms with E-state index in [1.807, 2.05) is 24.6 Å². The summed E-state index contributed by atoms with van der Waals surface area (Å²) in [7, 11) is 0. The van der Waals surface area contributed by atoms with Gasteiger partial charge in [-0.1, -0.05) is 18.2 Å². The number of carbonyl (C=O) groups is 1. The minimum Gasteiger partial charge on any atom is -0.492 e. The van der Waals surface area contributed by atoms with Crippen molar-refractivity contribution >= 4 is 6.29 Å². The summed E-state index contributed by atoms with van der Waals surface area (Å²) < 4.78 is 18.2. The maximum atomic E-state index is 12.7. The molecule has 1 N–H and O–H groups in total. The highest BCUT2D eigenvalue weighted by atomic mass is 19.1. The number of benzene rings is 1. The molecule has 2 rings (SSSR count). The van der Waals surface area contributed by atoms with Gasteiger partial charge in [0.05, 0.1) is 5.92 Å². The van der Waals surface area contributed by atoms with Gasteiger partial charge in [0.25, 0.3) is 0 Å². The van der Waals surface area contributed by atoms with Crippen LogP contribution in [-0.2, 0) is 4.79 Å². The lowest BCUT2D eigenvalue weighted by Crippen LogP contribution is -2.28. The SMILES string of the molecule is O=CC(CNCCOc1ccc(F)cc1)C1=C[CH]CC=C1. The molecule has 111 valence electrons. The normalized spacial score (nSPS) is 15.4. The van der Waals surface area contributed by atoms with Gasteiger partial charge in [-0.2, -0.15) is 0 Å². The van der Waals surface area contributed by atoms with E-state index in [2.05, 4.69) is 5.32 Å². The number of allylic oxidation sites excluding steroid dienone is 3. The van der Waals surface area contributed by atoms with Crippen molar-refractivity contribution in [2.75, 3.05) is 19.7 Å². The van der Waals surface area contributed by atoms with Gasteiger partial charge in [0, 0.05) is 13.1 Å². The van der Waals surface area contributed by atoms with E-state index in [9.17, 15) is 9.18 Å². The Morgan fingerprint density at radius 1 is 1.33 bits per heavy atom. The summed E-state index contributed by atoms with van der Waals surface area (Å²) in [6.45, 7) is 1.68. The zero-order chi connectivity index (χ0) is 14.9. The third-order valence-electron chi connectivity index (χ3n) is 3.21. The molecule has 1 aliphatic carbocycles.